The lowest BCUT2D eigenvalue weighted by molar-refractivity contribution is -0.113. The van der Waals surface area contributed by atoms with Crippen molar-refractivity contribution in [3.05, 3.63) is 35.4 Å². The van der Waals surface area contributed by atoms with Crippen LogP contribution in [0.4, 0.5) is 5.69 Å². The van der Waals surface area contributed by atoms with Crippen LogP contribution in [0.25, 0.3) is 0 Å². The molecule has 1 aliphatic rings. The van der Waals surface area contributed by atoms with Crippen LogP contribution in [-0.4, -0.2) is 23.4 Å². The Morgan fingerprint density at radius 3 is 2.55 bits per heavy atom. The van der Waals surface area contributed by atoms with Gasteiger partial charge < -0.3 is 9.47 Å². The van der Waals surface area contributed by atoms with Crippen molar-refractivity contribution >= 4 is 39.9 Å². The minimum Gasteiger partial charge on any atom is -0.500 e. The van der Waals surface area contributed by atoms with E-state index in [0.29, 0.717) is 22.4 Å². The van der Waals surface area contributed by atoms with Crippen LogP contribution < -0.4 is 9.64 Å². The minimum atomic E-state index is -0.155. The van der Waals surface area contributed by atoms with Gasteiger partial charge in [-0.1, -0.05) is 24.0 Å². The van der Waals surface area contributed by atoms with Crippen LogP contribution in [0, 0.1) is 0 Å². The molecule has 0 spiro atoms. The van der Waals surface area contributed by atoms with Crippen LogP contribution in [0.15, 0.2) is 35.4 Å². The summed E-state index contributed by atoms with van der Waals surface area (Å²) >= 11 is 6.50. The summed E-state index contributed by atoms with van der Waals surface area (Å²) in [5.41, 5.74) is 0.732. The largest absolute Gasteiger partial charge is 0.500 e. The Bertz CT molecular complexity index is 540. The summed E-state index contributed by atoms with van der Waals surface area (Å²) in [6.07, 6.45) is 1.47. The number of ether oxygens (including phenoxy) is 2. The zero-order valence-electron chi connectivity index (χ0n) is 11.3. The number of thioether (sulfide) groups is 1. The highest BCUT2D eigenvalue weighted by molar-refractivity contribution is 8.27. The molecular weight excluding hydrogens is 294 g/mol. The Hall–Kier alpha value is -1.53. The van der Waals surface area contributed by atoms with Crippen molar-refractivity contribution in [2.24, 2.45) is 0 Å². The number of carbonyl (C=O) groups is 1. The van der Waals surface area contributed by atoms with Gasteiger partial charge in [-0.2, -0.15) is 0 Å². The first-order valence-electron chi connectivity index (χ1n) is 6.28. The monoisotopic (exact) mass is 309 g/mol. The quantitative estimate of drug-likeness (QED) is 0.474. The summed E-state index contributed by atoms with van der Waals surface area (Å²) in [5.74, 6) is 0.615. The van der Waals surface area contributed by atoms with Gasteiger partial charge in [0.2, 0.25) is 0 Å². The molecule has 1 aromatic carbocycles. The zero-order valence-corrected chi connectivity index (χ0v) is 12.9. The summed E-state index contributed by atoms with van der Waals surface area (Å²) in [6, 6.07) is 7.28. The van der Waals surface area contributed by atoms with Crippen molar-refractivity contribution in [2.45, 2.75) is 13.8 Å². The molecule has 0 aliphatic carbocycles. The van der Waals surface area contributed by atoms with Gasteiger partial charge >= 0.3 is 0 Å². The predicted octanol–water partition coefficient (Wildman–Crippen LogP) is 3.33. The summed E-state index contributed by atoms with van der Waals surface area (Å²) in [4.78, 5) is 14.3. The fraction of sp³-hybridized carbons (Fsp3) is 0.286. The molecule has 1 heterocycles. The molecule has 6 heteroatoms. The van der Waals surface area contributed by atoms with Gasteiger partial charge in [-0.3, -0.25) is 9.69 Å². The molecule has 0 saturated carbocycles. The molecule has 0 radical (unpaired) electrons. The van der Waals surface area contributed by atoms with Gasteiger partial charge in [-0.25, -0.2) is 0 Å². The Morgan fingerprint density at radius 2 is 1.95 bits per heavy atom. The highest BCUT2D eigenvalue weighted by Crippen LogP contribution is 2.35. The van der Waals surface area contributed by atoms with Crippen LogP contribution >= 0.6 is 24.0 Å². The van der Waals surface area contributed by atoms with E-state index in [9.17, 15) is 4.79 Å². The summed E-state index contributed by atoms with van der Waals surface area (Å²) in [5, 5.41) is 0. The third-order valence-electron chi connectivity index (χ3n) is 2.56. The topological polar surface area (TPSA) is 38.8 Å². The lowest BCUT2D eigenvalue weighted by Gasteiger charge is -2.14. The maximum absolute atomic E-state index is 12.3. The molecule has 0 atom stereocenters. The SMILES string of the molecule is CCO/C=C1/SC(=S)N(c2ccc(OCC)cc2)C1=O. The van der Waals surface area contributed by atoms with Crippen molar-refractivity contribution < 1.29 is 14.3 Å². The molecule has 2 rings (SSSR count). The Balaban J connectivity index is 2.19. The number of thiocarbonyl (C=S) groups is 1. The third kappa shape index (κ3) is 3.13. The van der Waals surface area contributed by atoms with Gasteiger partial charge in [0.1, 0.15) is 16.9 Å². The molecule has 1 fully saturated rings. The predicted molar refractivity (Wildman–Crippen MR) is 85.0 cm³/mol. The average molecular weight is 309 g/mol. The van der Waals surface area contributed by atoms with E-state index in [-0.39, 0.29) is 5.91 Å². The lowest BCUT2D eigenvalue weighted by atomic mass is 10.3. The van der Waals surface area contributed by atoms with Gasteiger partial charge in [0.05, 0.1) is 18.9 Å². The second kappa shape index (κ2) is 6.76. The minimum absolute atomic E-state index is 0.155. The molecular formula is C14H15NO3S2. The lowest BCUT2D eigenvalue weighted by Crippen LogP contribution is -2.27. The van der Waals surface area contributed by atoms with Crippen LogP contribution in [-0.2, 0) is 9.53 Å². The van der Waals surface area contributed by atoms with Gasteiger partial charge in [0.15, 0.2) is 4.32 Å². The highest BCUT2D eigenvalue weighted by atomic mass is 32.2. The second-order valence-corrected chi connectivity index (χ2v) is 5.55. The first kappa shape index (κ1) is 14.9. The Labute approximate surface area is 127 Å². The number of rotatable bonds is 5. The molecule has 1 saturated heterocycles. The summed E-state index contributed by atoms with van der Waals surface area (Å²) < 4.78 is 11.0. The number of benzene rings is 1. The van der Waals surface area contributed by atoms with Gasteiger partial charge in [-0.05, 0) is 38.1 Å². The van der Waals surface area contributed by atoms with E-state index in [2.05, 4.69) is 0 Å². The first-order valence-corrected chi connectivity index (χ1v) is 7.50. The molecule has 4 nitrogen and oxygen atoms in total. The standard InChI is InChI=1S/C14H15NO3S2/c1-3-17-9-12-13(16)15(14(19)20-12)10-5-7-11(8-6-10)18-4-2/h5-9H,3-4H2,1-2H3/b12-9+. The maximum Gasteiger partial charge on any atom is 0.273 e. The van der Waals surface area contributed by atoms with Crippen molar-refractivity contribution in [3.8, 4) is 5.75 Å². The van der Waals surface area contributed by atoms with Crippen molar-refractivity contribution in [1.29, 1.82) is 0 Å². The van der Waals surface area contributed by atoms with E-state index in [4.69, 9.17) is 21.7 Å². The van der Waals surface area contributed by atoms with Gasteiger partial charge in [0.25, 0.3) is 5.91 Å². The Morgan fingerprint density at radius 1 is 1.25 bits per heavy atom. The molecule has 106 valence electrons. The van der Waals surface area contributed by atoms with E-state index in [0.717, 1.165) is 11.4 Å². The normalized spacial score (nSPS) is 16.9. The highest BCUT2D eigenvalue weighted by Gasteiger charge is 2.33. The number of amides is 1. The molecule has 20 heavy (non-hydrogen) atoms. The fourth-order valence-corrected chi connectivity index (χ4v) is 2.91. The average Bonchev–Trinajstić information content (AvgIpc) is 2.73. The number of anilines is 1. The zero-order chi connectivity index (χ0) is 14.5. The number of nitrogens with zero attached hydrogens (tertiary/aromatic N) is 1. The number of carbonyl (C=O) groups excluding carboxylic acids is 1. The summed E-state index contributed by atoms with van der Waals surface area (Å²) in [7, 11) is 0. The first-order chi connectivity index (χ1) is 9.67. The van der Waals surface area contributed by atoms with Crippen molar-refractivity contribution in [1.82, 2.24) is 0 Å². The Kier molecular flexibility index (Phi) is 5.03. The van der Waals surface area contributed by atoms with Crippen LogP contribution in [0.3, 0.4) is 0 Å². The van der Waals surface area contributed by atoms with Crippen LogP contribution in [0.5, 0.6) is 5.75 Å². The number of hydrogen-bond donors (Lipinski definition) is 0. The molecule has 0 aromatic heterocycles. The summed E-state index contributed by atoms with van der Waals surface area (Å²) in [6.45, 7) is 4.92. The van der Waals surface area contributed by atoms with E-state index in [1.807, 2.05) is 38.1 Å². The molecule has 0 unspecified atom stereocenters. The maximum atomic E-state index is 12.3. The van der Waals surface area contributed by atoms with Crippen LogP contribution in [0.1, 0.15) is 13.8 Å². The number of hydrogen-bond acceptors (Lipinski definition) is 5. The smallest absolute Gasteiger partial charge is 0.273 e. The van der Waals surface area contributed by atoms with Gasteiger partial charge in [-0.15, -0.1) is 0 Å². The molecule has 1 amide bonds. The third-order valence-corrected chi connectivity index (χ3v) is 3.84. The second-order valence-electron chi connectivity index (χ2n) is 3.87. The molecule has 1 aliphatic heterocycles. The van der Waals surface area contributed by atoms with Crippen molar-refractivity contribution in [3.63, 3.8) is 0 Å². The molecule has 1 aromatic rings. The van der Waals surface area contributed by atoms with E-state index < -0.39 is 0 Å². The van der Waals surface area contributed by atoms with E-state index in [1.165, 1.54) is 22.9 Å². The van der Waals surface area contributed by atoms with E-state index >= 15 is 0 Å². The van der Waals surface area contributed by atoms with E-state index in [1.54, 1.807) is 0 Å². The fourth-order valence-electron chi connectivity index (χ4n) is 1.69. The van der Waals surface area contributed by atoms with Crippen molar-refractivity contribution in [2.75, 3.05) is 18.1 Å². The molecule has 0 bridgehead atoms. The van der Waals surface area contributed by atoms with Crippen LogP contribution in [0.2, 0.25) is 0 Å². The van der Waals surface area contributed by atoms with Gasteiger partial charge in [0, 0.05) is 0 Å². The molecule has 0 N–H and O–H groups in total.